The Labute approximate surface area is 36.0 Å². The van der Waals surface area contributed by atoms with Crippen molar-refractivity contribution in [2.45, 2.75) is 13.6 Å². The van der Waals surface area contributed by atoms with Crippen LogP contribution in [0.5, 0.6) is 0 Å². The van der Waals surface area contributed by atoms with E-state index in [1.165, 1.54) is 0 Å². The molecule has 3 radical (unpaired) electrons. The molecular weight excluding hydrogens is 56.5 g/mol. The van der Waals surface area contributed by atoms with Crippen LogP contribution >= 0.6 is 0 Å². The topological polar surface area (TPSA) is 0 Å². The second-order valence-corrected chi connectivity index (χ2v) is 0.859. The fraction of sp³-hybridized carbons (Fsp3) is 1.00. The minimum atomic E-state index is 2.00. The first-order valence-corrected chi connectivity index (χ1v) is 1.82. The maximum atomic E-state index is 2.00. The van der Waals surface area contributed by atoms with Crippen molar-refractivity contribution in [3.63, 3.8) is 0 Å². The van der Waals surface area contributed by atoms with Crippen molar-refractivity contribution in [3.05, 3.63) is 0 Å². The zero-order valence-corrected chi connectivity index (χ0v) is 3.73. The highest BCUT2D eigenvalue weighted by Crippen LogP contribution is 1.48. The van der Waals surface area contributed by atoms with Gasteiger partial charge in [-0.2, -0.15) is 0 Å². The molecule has 0 aromatic heterocycles. The fourth-order valence-electron chi connectivity index (χ4n) is 0.192. The summed E-state index contributed by atoms with van der Waals surface area (Å²) in [5, 5.41) is 0. The SMILES string of the molecule is C[B][B][B]C. The number of hydrogen-bond acceptors (Lipinski definition) is 0. The van der Waals surface area contributed by atoms with Crippen LogP contribution in [0.2, 0.25) is 13.6 Å². The van der Waals surface area contributed by atoms with E-state index in [-0.39, 0.29) is 0 Å². The van der Waals surface area contributed by atoms with E-state index < -0.39 is 0 Å². The van der Waals surface area contributed by atoms with Crippen molar-refractivity contribution < 1.29 is 0 Å². The van der Waals surface area contributed by atoms with Gasteiger partial charge in [0.05, 0.1) is 14.3 Å². The van der Waals surface area contributed by atoms with Gasteiger partial charge in [-0.25, -0.2) is 0 Å². The first-order chi connectivity index (χ1) is 2.41. The Morgan fingerprint density at radius 3 is 1.40 bits per heavy atom. The summed E-state index contributed by atoms with van der Waals surface area (Å²) in [6.45, 7) is 4.00. The summed E-state index contributed by atoms with van der Waals surface area (Å²) in [7, 11) is 6.00. The molecule has 0 amide bonds. The number of rotatable bonds is 2. The van der Waals surface area contributed by atoms with Gasteiger partial charge in [-0.05, 0) is 0 Å². The van der Waals surface area contributed by atoms with Crippen molar-refractivity contribution in [2.75, 3.05) is 0 Å². The van der Waals surface area contributed by atoms with E-state index in [1.807, 2.05) is 35.0 Å². The molecule has 0 spiro atoms. The monoisotopic (exact) mass is 63.1 g/mol. The Bertz CT molecular complexity index is 12.4. The van der Waals surface area contributed by atoms with Crippen molar-refractivity contribution in [3.8, 4) is 0 Å². The van der Waals surface area contributed by atoms with Crippen LogP contribution in [0.3, 0.4) is 0 Å². The largest absolute Gasteiger partial charge is 0.101 e. The van der Waals surface area contributed by atoms with Gasteiger partial charge in [-0.3, -0.25) is 0 Å². The second kappa shape index (κ2) is 4.19. The summed E-state index contributed by atoms with van der Waals surface area (Å²) >= 11 is 0. The molecule has 0 atom stereocenters. The Morgan fingerprint density at radius 1 is 1.00 bits per heavy atom. The molecule has 5 heavy (non-hydrogen) atoms. The zero-order chi connectivity index (χ0) is 4.12. The predicted molar refractivity (Wildman–Crippen MR) is 29.0 cm³/mol. The lowest BCUT2D eigenvalue weighted by molar-refractivity contribution is 2.34. The van der Waals surface area contributed by atoms with Crippen LogP contribution in [0.25, 0.3) is 0 Å². The summed E-state index contributed by atoms with van der Waals surface area (Å²) < 4.78 is 0. The summed E-state index contributed by atoms with van der Waals surface area (Å²) in [4.78, 5) is 0. The van der Waals surface area contributed by atoms with Crippen LogP contribution in [0.1, 0.15) is 0 Å². The molecule has 23 valence electrons. The molecular formula is C2H6B3. The predicted octanol–water partition coefficient (Wildman–Crippen LogP) is 0.0252. The first-order valence-electron chi connectivity index (χ1n) is 1.82. The van der Waals surface area contributed by atoms with E-state index in [0.29, 0.717) is 0 Å². The molecule has 0 aliphatic carbocycles. The van der Waals surface area contributed by atoms with Gasteiger partial charge in [-0.1, -0.05) is 0 Å². The second-order valence-electron chi connectivity index (χ2n) is 0.859. The maximum Gasteiger partial charge on any atom is 0.0510 e. The molecule has 0 nitrogen and oxygen atoms in total. The Hall–Kier alpha value is 0.195. The average molecular weight is 62.5 g/mol. The molecule has 0 aromatic rings. The van der Waals surface area contributed by atoms with Crippen molar-refractivity contribution in [1.82, 2.24) is 0 Å². The van der Waals surface area contributed by atoms with Crippen LogP contribution in [0.15, 0.2) is 0 Å². The molecule has 0 N–H and O–H groups in total. The van der Waals surface area contributed by atoms with Crippen LogP contribution in [0.4, 0.5) is 0 Å². The third-order valence-electron chi connectivity index (χ3n) is 0.385. The van der Waals surface area contributed by atoms with Crippen molar-refractivity contribution >= 4 is 21.4 Å². The van der Waals surface area contributed by atoms with Gasteiger partial charge >= 0.3 is 0 Å². The molecule has 0 heterocycles. The molecule has 0 unspecified atom stereocenters. The van der Waals surface area contributed by atoms with Gasteiger partial charge in [-0.15, -0.1) is 13.6 Å². The van der Waals surface area contributed by atoms with Gasteiger partial charge < -0.3 is 0 Å². The van der Waals surface area contributed by atoms with E-state index in [9.17, 15) is 0 Å². The normalized spacial score (nSPS) is 6.00. The summed E-state index contributed by atoms with van der Waals surface area (Å²) in [5.74, 6) is 0. The van der Waals surface area contributed by atoms with Gasteiger partial charge in [0, 0.05) is 7.06 Å². The molecule has 0 rings (SSSR count). The van der Waals surface area contributed by atoms with Crippen LogP contribution in [0, 0.1) is 0 Å². The van der Waals surface area contributed by atoms with Gasteiger partial charge in [0.2, 0.25) is 0 Å². The third-order valence-corrected chi connectivity index (χ3v) is 0.385. The molecule has 0 bridgehead atoms. The zero-order valence-electron chi connectivity index (χ0n) is 3.73. The molecule has 0 fully saturated rings. The Kier molecular flexibility index (Phi) is 4.36. The number of hydrogen-bond donors (Lipinski definition) is 0. The highest BCUT2D eigenvalue weighted by atomic mass is 12.9. The van der Waals surface area contributed by atoms with E-state index in [0.717, 1.165) is 0 Å². The van der Waals surface area contributed by atoms with E-state index in [4.69, 9.17) is 0 Å². The fourth-order valence-corrected chi connectivity index (χ4v) is 0.192. The third kappa shape index (κ3) is 4.19. The molecule has 0 aliphatic heterocycles. The van der Waals surface area contributed by atoms with E-state index in [2.05, 4.69) is 0 Å². The summed E-state index contributed by atoms with van der Waals surface area (Å²) in [6, 6.07) is 0. The minimum absolute atomic E-state index is 2.00. The van der Waals surface area contributed by atoms with Gasteiger partial charge in [0.25, 0.3) is 0 Å². The van der Waals surface area contributed by atoms with Crippen LogP contribution in [-0.4, -0.2) is 21.4 Å². The van der Waals surface area contributed by atoms with Crippen molar-refractivity contribution in [1.29, 1.82) is 0 Å². The van der Waals surface area contributed by atoms with Crippen LogP contribution in [-0.2, 0) is 0 Å². The molecule has 0 saturated carbocycles. The Morgan fingerprint density at radius 2 is 1.40 bits per heavy atom. The quantitative estimate of drug-likeness (QED) is 0.396. The van der Waals surface area contributed by atoms with E-state index in [1.54, 1.807) is 0 Å². The minimum Gasteiger partial charge on any atom is -0.101 e. The molecule has 0 aliphatic rings. The molecule has 0 saturated heterocycles. The maximum absolute atomic E-state index is 2.00. The van der Waals surface area contributed by atoms with E-state index >= 15 is 0 Å². The smallest absolute Gasteiger partial charge is 0.0510 e. The lowest BCUT2D eigenvalue weighted by atomic mass is 9.21. The van der Waals surface area contributed by atoms with Gasteiger partial charge in [0.15, 0.2) is 0 Å². The highest BCUT2D eigenvalue weighted by molar-refractivity contribution is 7.28. The standard InChI is InChI=1S/C2H6B3/c1-3-5-4-2/h1-2H3. The first kappa shape index (κ1) is 5.19. The lowest BCUT2D eigenvalue weighted by Gasteiger charge is -1.72. The molecule has 0 aromatic carbocycles. The lowest BCUT2D eigenvalue weighted by Crippen LogP contribution is -2.03. The van der Waals surface area contributed by atoms with Crippen LogP contribution < -0.4 is 0 Å². The summed E-state index contributed by atoms with van der Waals surface area (Å²) in [6.07, 6.45) is 0. The van der Waals surface area contributed by atoms with Crippen molar-refractivity contribution in [2.24, 2.45) is 0 Å². The summed E-state index contributed by atoms with van der Waals surface area (Å²) in [5.41, 5.74) is 0. The van der Waals surface area contributed by atoms with Gasteiger partial charge in [0.1, 0.15) is 0 Å². The Balaban J connectivity index is 2.19. The highest BCUT2D eigenvalue weighted by Gasteiger charge is 1.75. The molecule has 3 heteroatoms. The average Bonchev–Trinajstić information content (AvgIpc) is 1.41.